The number of nitrogens with zero attached hydrogens (tertiary/aromatic N) is 1. The van der Waals surface area contributed by atoms with Crippen LogP contribution in [0.15, 0.2) is 24.5 Å². The Morgan fingerprint density at radius 3 is 2.11 bits per heavy atom. The predicted molar refractivity (Wildman–Crippen MR) is 118 cm³/mol. The molecule has 160 valence electrons. The van der Waals surface area contributed by atoms with Crippen LogP contribution < -0.4 is 0 Å². The quantitative estimate of drug-likeness (QED) is 0.191. The van der Waals surface area contributed by atoms with Gasteiger partial charge in [-0.25, -0.2) is 0 Å². The van der Waals surface area contributed by atoms with Crippen LogP contribution in [0.4, 0.5) is 0 Å². The zero-order valence-electron chi connectivity index (χ0n) is 18.5. The van der Waals surface area contributed by atoms with Crippen molar-refractivity contribution in [1.82, 2.24) is 4.98 Å². The lowest BCUT2D eigenvalue weighted by molar-refractivity contribution is -0.145. The standard InChI is InChI=1S/C25H43NO2/c1-3-16-23(2)17-13-11-9-7-5-4-6-8-10-12-14-19-25(27)28-22-24-18-15-20-26-21-24/h15,18,20-21,23H,3-14,16-17,19,22H2,1-2H3. The number of ether oxygens (including phenoxy) is 1. The van der Waals surface area contributed by atoms with Crippen molar-refractivity contribution < 1.29 is 9.53 Å². The van der Waals surface area contributed by atoms with Gasteiger partial charge in [0.15, 0.2) is 0 Å². The van der Waals surface area contributed by atoms with E-state index in [2.05, 4.69) is 18.8 Å². The summed E-state index contributed by atoms with van der Waals surface area (Å²) in [6, 6.07) is 3.78. The molecule has 0 aliphatic carbocycles. The summed E-state index contributed by atoms with van der Waals surface area (Å²) in [7, 11) is 0. The molecule has 0 aliphatic rings. The molecule has 1 aromatic rings. The number of aromatic nitrogens is 1. The summed E-state index contributed by atoms with van der Waals surface area (Å²) >= 11 is 0. The fourth-order valence-corrected chi connectivity index (χ4v) is 3.71. The summed E-state index contributed by atoms with van der Waals surface area (Å²) < 4.78 is 5.27. The third-order valence-electron chi connectivity index (χ3n) is 5.48. The van der Waals surface area contributed by atoms with E-state index in [0.29, 0.717) is 13.0 Å². The van der Waals surface area contributed by atoms with Gasteiger partial charge >= 0.3 is 5.97 Å². The Labute approximate surface area is 173 Å². The summed E-state index contributed by atoms with van der Waals surface area (Å²) in [5.41, 5.74) is 0.946. The van der Waals surface area contributed by atoms with Crippen LogP contribution in [0.5, 0.6) is 0 Å². The first-order chi connectivity index (χ1) is 13.7. The zero-order valence-corrected chi connectivity index (χ0v) is 18.5. The van der Waals surface area contributed by atoms with Gasteiger partial charge in [-0.1, -0.05) is 103 Å². The summed E-state index contributed by atoms with van der Waals surface area (Å²) in [5, 5.41) is 0. The molecule has 0 bridgehead atoms. The van der Waals surface area contributed by atoms with Gasteiger partial charge in [-0.3, -0.25) is 9.78 Å². The number of rotatable bonds is 18. The summed E-state index contributed by atoms with van der Waals surface area (Å²) in [4.78, 5) is 15.7. The maximum Gasteiger partial charge on any atom is 0.306 e. The molecule has 28 heavy (non-hydrogen) atoms. The first-order valence-electron chi connectivity index (χ1n) is 11.8. The largest absolute Gasteiger partial charge is 0.461 e. The molecule has 3 nitrogen and oxygen atoms in total. The Bertz CT molecular complexity index is 475. The van der Waals surface area contributed by atoms with Gasteiger partial charge in [-0.05, 0) is 18.4 Å². The van der Waals surface area contributed by atoms with Crippen LogP contribution >= 0.6 is 0 Å². The first-order valence-corrected chi connectivity index (χ1v) is 11.8. The van der Waals surface area contributed by atoms with Crippen molar-refractivity contribution >= 4 is 5.97 Å². The Morgan fingerprint density at radius 1 is 0.929 bits per heavy atom. The molecule has 0 radical (unpaired) electrons. The van der Waals surface area contributed by atoms with Crippen LogP contribution in [0.2, 0.25) is 0 Å². The molecule has 0 amide bonds. The van der Waals surface area contributed by atoms with Gasteiger partial charge in [0.1, 0.15) is 6.61 Å². The molecule has 0 N–H and O–H groups in total. The van der Waals surface area contributed by atoms with Gasteiger partial charge in [0, 0.05) is 24.4 Å². The molecule has 0 aromatic carbocycles. The molecule has 1 atom stereocenters. The number of esters is 1. The van der Waals surface area contributed by atoms with Crippen LogP contribution in [-0.4, -0.2) is 11.0 Å². The van der Waals surface area contributed by atoms with Gasteiger partial charge in [-0.15, -0.1) is 0 Å². The molecule has 1 rings (SSSR count). The highest BCUT2D eigenvalue weighted by Crippen LogP contribution is 2.16. The molecule has 0 aliphatic heterocycles. The second kappa shape index (κ2) is 17.7. The third-order valence-corrected chi connectivity index (χ3v) is 5.48. The Hall–Kier alpha value is -1.38. The van der Waals surface area contributed by atoms with E-state index in [-0.39, 0.29) is 5.97 Å². The van der Waals surface area contributed by atoms with E-state index in [1.165, 1.54) is 77.0 Å². The van der Waals surface area contributed by atoms with Crippen molar-refractivity contribution in [2.24, 2.45) is 5.92 Å². The Balaban J connectivity index is 1.78. The minimum atomic E-state index is -0.0899. The van der Waals surface area contributed by atoms with Crippen LogP contribution in [0.25, 0.3) is 0 Å². The SMILES string of the molecule is CCCC(C)CCCCCCCCCCCCCC(=O)OCc1cccnc1. The fourth-order valence-electron chi connectivity index (χ4n) is 3.71. The van der Waals surface area contributed by atoms with E-state index in [1.54, 1.807) is 12.4 Å². The van der Waals surface area contributed by atoms with Crippen LogP contribution in [0.1, 0.15) is 116 Å². The van der Waals surface area contributed by atoms with Crippen molar-refractivity contribution in [2.75, 3.05) is 0 Å². The smallest absolute Gasteiger partial charge is 0.306 e. The molecule has 1 heterocycles. The fraction of sp³-hybridized carbons (Fsp3) is 0.760. The van der Waals surface area contributed by atoms with Crippen molar-refractivity contribution in [3.8, 4) is 0 Å². The van der Waals surface area contributed by atoms with Gasteiger partial charge in [0.2, 0.25) is 0 Å². The monoisotopic (exact) mass is 389 g/mol. The minimum absolute atomic E-state index is 0.0899. The first kappa shape index (κ1) is 24.7. The molecular formula is C25H43NO2. The van der Waals surface area contributed by atoms with E-state index in [9.17, 15) is 4.79 Å². The summed E-state index contributed by atoms with van der Waals surface area (Å²) in [5.74, 6) is 0.834. The van der Waals surface area contributed by atoms with Crippen LogP contribution in [0.3, 0.4) is 0 Å². The van der Waals surface area contributed by atoms with E-state index in [4.69, 9.17) is 4.74 Å². The summed E-state index contributed by atoms with van der Waals surface area (Å²) in [6.07, 6.45) is 22.6. The second-order valence-electron chi connectivity index (χ2n) is 8.34. The number of hydrogen-bond acceptors (Lipinski definition) is 3. The van der Waals surface area contributed by atoms with E-state index in [0.717, 1.165) is 24.3 Å². The van der Waals surface area contributed by atoms with Crippen molar-refractivity contribution in [3.05, 3.63) is 30.1 Å². The molecule has 0 saturated heterocycles. The molecular weight excluding hydrogens is 346 g/mol. The van der Waals surface area contributed by atoms with Crippen LogP contribution in [-0.2, 0) is 16.1 Å². The number of carbonyl (C=O) groups is 1. The third kappa shape index (κ3) is 14.6. The number of carbonyl (C=O) groups excluding carboxylic acids is 1. The average molecular weight is 390 g/mol. The molecule has 0 fully saturated rings. The average Bonchev–Trinajstić information content (AvgIpc) is 2.71. The van der Waals surface area contributed by atoms with Crippen molar-refractivity contribution in [2.45, 2.75) is 117 Å². The van der Waals surface area contributed by atoms with Gasteiger partial charge in [0.25, 0.3) is 0 Å². The van der Waals surface area contributed by atoms with Gasteiger partial charge in [0.05, 0.1) is 0 Å². The Kier molecular flexibility index (Phi) is 15.6. The highest BCUT2D eigenvalue weighted by atomic mass is 16.5. The number of hydrogen-bond donors (Lipinski definition) is 0. The topological polar surface area (TPSA) is 39.2 Å². The Morgan fingerprint density at radius 2 is 1.54 bits per heavy atom. The highest BCUT2D eigenvalue weighted by Gasteiger charge is 2.03. The number of unbranched alkanes of at least 4 members (excludes halogenated alkanes) is 10. The summed E-state index contributed by atoms with van der Waals surface area (Å²) in [6.45, 7) is 5.02. The van der Waals surface area contributed by atoms with Gasteiger partial charge in [-0.2, -0.15) is 0 Å². The molecule has 1 unspecified atom stereocenters. The molecule has 1 aromatic heterocycles. The highest BCUT2D eigenvalue weighted by molar-refractivity contribution is 5.69. The predicted octanol–water partition coefficient (Wildman–Crippen LogP) is 7.63. The molecule has 0 saturated carbocycles. The van der Waals surface area contributed by atoms with Crippen molar-refractivity contribution in [1.29, 1.82) is 0 Å². The maximum atomic E-state index is 11.7. The van der Waals surface area contributed by atoms with Gasteiger partial charge < -0.3 is 4.74 Å². The van der Waals surface area contributed by atoms with Crippen molar-refractivity contribution in [3.63, 3.8) is 0 Å². The van der Waals surface area contributed by atoms with E-state index in [1.807, 2.05) is 12.1 Å². The number of pyridine rings is 1. The van der Waals surface area contributed by atoms with E-state index >= 15 is 0 Å². The lowest BCUT2D eigenvalue weighted by atomic mass is 9.98. The zero-order chi connectivity index (χ0) is 20.3. The molecule has 3 heteroatoms. The minimum Gasteiger partial charge on any atom is -0.461 e. The lowest BCUT2D eigenvalue weighted by Crippen LogP contribution is -2.04. The molecule has 0 spiro atoms. The lowest BCUT2D eigenvalue weighted by Gasteiger charge is -2.09. The second-order valence-corrected chi connectivity index (χ2v) is 8.34. The van der Waals surface area contributed by atoms with E-state index < -0.39 is 0 Å². The normalized spacial score (nSPS) is 12.1. The van der Waals surface area contributed by atoms with Crippen LogP contribution in [0, 0.1) is 5.92 Å². The maximum absolute atomic E-state index is 11.7.